The van der Waals surface area contributed by atoms with E-state index in [-0.39, 0.29) is 43.4 Å². The fourth-order valence-electron chi connectivity index (χ4n) is 3.03. The van der Waals surface area contributed by atoms with E-state index in [0.29, 0.717) is 16.5 Å². The number of nitrogens with zero attached hydrogens (tertiary/aromatic N) is 3. The molecule has 158 valence electrons. The van der Waals surface area contributed by atoms with Crippen LogP contribution < -0.4 is 10.2 Å². The summed E-state index contributed by atoms with van der Waals surface area (Å²) < 4.78 is 13.1. The van der Waals surface area contributed by atoms with Gasteiger partial charge in [-0.1, -0.05) is 18.2 Å². The molecule has 2 amide bonds. The number of para-hydroxylation sites is 1. The molecule has 0 radical (unpaired) electrons. The van der Waals surface area contributed by atoms with Crippen molar-refractivity contribution in [1.29, 1.82) is 5.26 Å². The predicted molar refractivity (Wildman–Crippen MR) is 119 cm³/mol. The first-order valence-electron chi connectivity index (χ1n) is 9.73. The van der Waals surface area contributed by atoms with Crippen molar-refractivity contribution in [2.75, 3.05) is 16.8 Å². The van der Waals surface area contributed by atoms with Crippen LogP contribution in [0.5, 0.6) is 0 Å². The van der Waals surface area contributed by atoms with Crippen molar-refractivity contribution in [3.8, 4) is 17.3 Å². The van der Waals surface area contributed by atoms with Crippen molar-refractivity contribution in [2.24, 2.45) is 0 Å². The Morgan fingerprint density at radius 2 is 1.84 bits per heavy atom. The van der Waals surface area contributed by atoms with Crippen LogP contribution in [0.4, 0.5) is 15.2 Å². The molecule has 0 aliphatic carbocycles. The molecule has 0 unspecified atom stereocenters. The van der Waals surface area contributed by atoms with Gasteiger partial charge in [0, 0.05) is 35.5 Å². The highest BCUT2D eigenvalue weighted by atomic mass is 32.1. The van der Waals surface area contributed by atoms with E-state index in [9.17, 15) is 14.0 Å². The number of thiazole rings is 1. The Morgan fingerprint density at radius 1 is 1.13 bits per heavy atom. The summed E-state index contributed by atoms with van der Waals surface area (Å²) in [7, 11) is 0. The number of nitrogens with one attached hydrogen (secondary N) is 1. The number of carbonyl (C=O) groups is 2. The molecule has 6 nitrogen and oxygen atoms in total. The minimum Gasteiger partial charge on any atom is -0.311 e. The highest BCUT2D eigenvalue weighted by Gasteiger charge is 2.18. The zero-order valence-corrected chi connectivity index (χ0v) is 17.8. The number of aryl methyl sites for hydroxylation is 1. The number of rotatable bonds is 8. The molecule has 0 saturated carbocycles. The van der Waals surface area contributed by atoms with Crippen molar-refractivity contribution < 1.29 is 14.0 Å². The van der Waals surface area contributed by atoms with Crippen molar-refractivity contribution in [3.05, 3.63) is 65.3 Å². The SMILES string of the molecule is Cc1sc(NC(=O)CCC(=O)N(CCC#N)c2ccccc2)nc1-c1ccc(F)cc1. The summed E-state index contributed by atoms with van der Waals surface area (Å²) >= 11 is 1.32. The summed E-state index contributed by atoms with van der Waals surface area (Å²) in [6, 6.07) is 17.1. The quantitative estimate of drug-likeness (QED) is 0.543. The minimum atomic E-state index is -0.325. The zero-order chi connectivity index (χ0) is 22.2. The number of hydrogen-bond acceptors (Lipinski definition) is 5. The Balaban J connectivity index is 1.60. The van der Waals surface area contributed by atoms with Crippen molar-refractivity contribution >= 4 is 34.0 Å². The molecule has 3 aromatic rings. The number of aromatic nitrogens is 1. The smallest absolute Gasteiger partial charge is 0.227 e. The molecule has 0 saturated heterocycles. The normalized spacial score (nSPS) is 10.4. The molecule has 1 aromatic heterocycles. The van der Waals surface area contributed by atoms with E-state index in [1.165, 1.54) is 28.4 Å². The maximum atomic E-state index is 13.1. The van der Waals surface area contributed by atoms with E-state index in [1.807, 2.05) is 31.2 Å². The van der Waals surface area contributed by atoms with Crippen molar-refractivity contribution in [1.82, 2.24) is 4.98 Å². The largest absolute Gasteiger partial charge is 0.311 e. The molecule has 0 aliphatic rings. The van der Waals surface area contributed by atoms with Crippen LogP contribution in [0.15, 0.2) is 54.6 Å². The third-order valence-electron chi connectivity index (χ3n) is 4.54. The molecule has 3 rings (SSSR count). The van der Waals surface area contributed by atoms with E-state index in [2.05, 4.69) is 10.3 Å². The minimum absolute atomic E-state index is 0.000764. The first-order chi connectivity index (χ1) is 15.0. The van der Waals surface area contributed by atoms with Gasteiger partial charge in [0.2, 0.25) is 11.8 Å². The van der Waals surface area contributed by atoms with E-state index in [4.69, 9.17) is 5.26 Å². The van der Waals surface area contributed by atoms with Gasteiger partial charge in [-0.25, -0.2) is 9.37 Å². The Labute approximate surface area is 184 Å². The Hall–Kier alpha value is -3.57. The summed E-state index contributed by atoms with van der Waals surface area (Å²) in [6.07, 6.45) is 0.220. The molecule has 1 heterocycles. The lowest BCUT2D eigenvalue weighted by Crippen LogP contribution is -2.32. The van der Waals surface area contributed by atoms with Gasteiger partial charge in [-0.05, 0) is 43.3 Å². The third-order valence-corrected chi connectivity index (χ3v) is 5.43. The summed E-state index contributed by atoms with van der Waals surface area (Å²) in [5, 5.41) is 12.0. The molecule has 0 spiro atoms. The molecule has 0 fully saturated rings. The summed E-state index contributed by atoms with van der Waals surface area (Å²) in [6.45, 7) is 2.15. The van der Waals surface area contributed by atoms with E-state index in [0.717, 1.165) is 10.4 Å². The highest BCUT2D eigenvalue weighted by Crippen LogP contribution is 2.30. The van der Waals surface area contributed by atoms with Crippen LogP contribution in [0.3, 0.4) is 0 Å². The number of halogens is 1. The standard InChI is InChI=1S/C23H21FN4O2S/c1-16-22(17-8-10-18(24)11-9-17)27-23(31-16)26-20(29)12-13-21(30)28(15-5-14-25)19-6-3-2-4-7-19/h2-4,6-11H,5,12-13,15H2,1H3,(H,26,27,29). The van der Waals surface area contributed by atoms with Crippen LogP contribution in [-0.2, 0) is 9.59 Å². The maximum absolute atomic E-state index is 13.1. The maximum Gasteiger partial charge on any atom is 0.227 e. The molecule has 0 atom stereocenters. The Bertz CT molecular complexity index is 1090. The van der Waals surface area contributed by atoms with Crippen LogP contribution in [-0.4, -0.2) is 23.3 Å². The lowest BCUT2D eigenvalue weighted by atomic mass is 10.1. The molecule has 0 bridgehead atoms. The topological polar surface area (TPSA) is 86.1 Å². The van der Waals surface area contributed by atoms with E-state index in [1.54, 1.807) is 24.3 Å². The second-order valence-corrected chi connectivity index (χ2v) is 7.97. The molecule has 31 heavy (non-hydrogen) atoms. The Morgan fingerprint density at radius 3 is 2.52 bits per heavy atom. The lowest BCUT2D eigenvalue weighted by Gasteiger charge is -2.21. The number of carbonyl (C=O) groups excluding carboxylic acids is 2. The highest BCUT2D eigenvalue weighted by molar-refractivity contribution is 7.16. The molecule has 0 aliphatic heterocycles. The number of nitriles is 1. The average molecular weight is 437 g/mol. The van der Waals surface area contributed by atoms with Crippen LogP contribution >= 0.6 is 11.3 Å². The second-order valence-electron chi connectivity index (χ2n) is 6.77. The first-order valence-corrected chi connectivity index (χ1v) is 10.5. The first kappa shape index (κ1) is 22.1. The molecule has 2 aromatic carbocycles. The molecule has 8 heteroatoms. The van der Waals surface area contributed by atoms with Crippen LogP contribution in [0, 0.1) is 24.1 Å². The van der Waals surface area contributed by atoms with Gasteiger partial charge in [0.15, 0.2) is 5.13 Å². The van der Waals surface area contributed by atoms with Gasteiger partial charge in [0.25, 0.3) is 0 Å². The summed E-state index contributed by atoms with van der Waals surface area (Å²) in [4.78, 5) is 31.9. The van der Waals surface area contributed by atoms with E-state index >= 15 is 0 Å². The monoisotopic (exact) mass is 436 g/mol. The zero-order valence-electron chi connectivity index (χ0n) is 17.0. The number of hydrogen-bond donors (Lipinski definition) is 1. The van der Waals surface area contributed by atoms with Crippen LogP contribution in [0.2, 0.25) is 0 Å². The fourth-order valence-corrected chi connectivity index (χ4v) is 3.88. The molecular formula is C23H21FN4O2S. The second kappa shape index (κ2) is 10.5. The number of amides is 2. The Kier molecular flexibility index (Phi) is 7.46. The van der Waals surface area contributed by atoms with Gasteiger partial charge in [-0.2, -0.15) is 5.26 Å². The van der Waals surface area contributed by atoms with Gasteiger partial charge < -0.3 is 10.2 Å². The van der Waals surface area contributed by atoms with Crippen molar-refractivity contribution in [3.63, 3.8) is 0 Å². The van der Waals surface area contributed by atoms with Gasteiger partial charge in [-0.15, -0.1) is 11.3 Å². The average Bonchev–Trinajstić information content (AvgIpc) is 3.13. The van der Waals surface area contributed by atoms with Gasteiger partial charge >= 0.3 is 0 Å². The molecule has 1 N–H and O–H groups in total. The summed E-state index contributed by atoms with van der Waals surface area (Å²) in [5.41, 5.74) is 2.15. The van der Waals surface area contributed by atoms with Gasteiger partial charge in [-0.3, -0.25) is 9.59 Å². The summed E-state index contributed by atoms with van der Waals surface area (Å²) in [5.74, 6) is -0.867. The lowest BCUT2D eigenvalue weighted by molar-refractivity contribution is -0.122. The van der Waals surface area contributed by atoms with Gasteiger partial charge in [0.05, 0.1) is 18.2 Å². The molecular weight excluding hydrogens is 415 g/mol. The van der Waals surface area contributed by atoms with Crippen LogP contribution in [0.25, 0.3) is 11.3 Å². The predicted octanol–water partition coefficient (Wildman–Crippen LogP) is 4.92. The number of anilines is 2. The van der Waals surface area contributed by atoms with Crippen molar-refractivity contribution in [2.45, 2.75) is 26.2 Å². The fraction of sp³-hybridized carbons (Fsp3) is 0.217. The van der Waals surface area contributed by atoms with Gasteiger partial charge in [0.1, 0.15) is 5.82 Å². The third kappa shape index (κ3) is 5.96. The van der Waals surface area contributed by atoms with E-state index < -0.39 is 0 Å². The number of benzene rings is 2. The van der Waals surface area contributed by atoms with Crippen LogP contribution in [0.1, 0.15) is 24.1 Å².